The number of hydrogen-bond donors (Lipinski definition) is 1. The monoisotopic (exact) mass is 363 g/mol. The average Bonchev–Trinajstić information content (AvgIpc) is 2.83. The molecule has 2 rings (SSSR count). The van der Waals surface area contributed by atoms with Gasteiger partial charge in [0.1, 0.15) is 5.75 Å². The van der Waals surface area contributed by atoms with Crippen LogP contribution in [-0.4, -0.2) is 47.9 Å². The van der Waals surface area contributed by atoms with Crippen LogP contribution in [0.2, 0.25) is 0 Å². The summed E-state index contributed by atoms with van der Waals surface area (Å²) in [6.07, 6.45) is 4.71. The standard InChI is InChI=1S/C18H25N3O5/c22-17(10-14-26-16-8-6-15(7-9-16)21(24)25)19-11-4-13-20-12-3-1-2-5-18(20)23/h6-9H,1-5,10-14H2,(H,19,22). The van der Waals surface area contributed by atoms with Gasteiger partial charge in [-0.05, 0) is 31.4 Å². The molecule has 1 heterocycles. The van der Waals surface area contributed by atoms with E-state index < -0.39 is 4.92 Å². The first-order valence-electron chi connectivity index (χ1n) is 8.98. The maximum absolute atomic E-state index is 11.9. The minimum absolute atomic E-state index is 0.00187. The van der Waals surface area contributed by atoms with Gasteiger partial charge >= 0.3 is 0 Å². The van der Waals surface area contributed by atoms with Crippen molar-refractivity contribution in [3.8, 4) is 5.75 Å². The van der Waals surface area contributed by atoms with Crippen LogP contribution in [0.1, 0.15) is 38.5 Å². The minimum Gasteiger partial charge on any atom is -0.493 e. The first-order valence-corrected chi connectivity index (χ1v) is 8.98. The molecule has 1 aliphatic heterocycles. The van der Waals surface area contributed by atoms with Gasteiger partial charge in [-0.1, -0.05) is 6.42 Å². The molecular formula is C18H25N3O5. The van der Waals surface area contributed by atoms with Crippen LogP contribution in [0.5, 0.6) is 5.75 Å². The maximum atomic E-state index is 11.9. The highest BCUT2D eigenvalue weighted by Gasteiger charge is 2.15. The Morgan fingerprint density at radius 1 is 1.23 bits per heavy atom. The molecule has 0 aliphatic carbocycles. The van der Waals surface area contributed by atoms with E-state index in [-0.39, 0.29) is 30.5 Å². The summed E-state index contributed by atoms with van der Waals surface area (Å²) in [6.45, 7) is 2.22. The van der Waals surface area contributed by atoms with Gasteiger partial charge in [-0.2, -0.15) is 0 Å². The normalized spacial score (nSPS) is 14.6. The average molecular weight is 363 g/mol. The molecule has 1 aromatic rings. The summed E-state index contributed by atoms with van der Waals surface area (Å²) >= 11 is 0. The van der Waals surface area contributed by atoms with Gasteiger partial charge in [0.25, 0.3) is 5.69 Å². The third-order valence-corrected chi connectivity index (χ3v) is 4.24. The number of likely N-dealkylation sites (tertiary alicyclic amines) is 1. The molecule has 1 N–H and O–H groups in total. The molecule has 1 fully saturated rings. The Morgan fingerprint density at radius 2 is 2.00 bits per heavy atom. The van der Waals surface area contributed by atoms with E-state index in [4.69, 9.17) is 4.74 Å². The lowest BCUT2D eigenvalue weighted by molar-refractivity contribution is -0.384. The first-order chi connectivity index (χ1) is 12.6. The van der Waals surface area contributed by atoms with Crippen LogP contribution in [0, 0.1) is 10.1 Å². The predicted octanol–water partition coefficient (Wildman–Crippen LogP) is 2.27. The third kappa shape index (κ3) is 6.70. The van der Waals surface area contributed by atoms with Gasteiger partial charge in [-0.25, -0.2) is 0 Å². The Morgan fingerprint density at radius 3 is 2.73 bits per heavy atom. The highest BCUT2D eigenvalue weighted by atomic mass is 16.6. The van der Waals surface area contributed by atoms with Gasteiger partial charge in [0.2, 0.25) is 11.8 Å². The van der Waals surface area contributed by atoms with Crippen LogP contribution < -0.4 is 10.1 Å². The van der Waals surface area contributed by atoms with Crippen molar-refractivity contribution >= 4 is 17.5 Å². The molecule has 1 aromatic carbocycles. The molecule has 26 heavy (non-hydrogen) atoms. The van der Waals surface area contributed by atoms with E-state index >= 15 is 0 Å². The van der Waals surface area contributed by atoms with Gasteiger partial charge in [0.15, 0.2) is 0 Å². The van der Waals surface area contributed by atoms with E-state index in [0.29, 0.717) is 25.3 Å². The smallest absolute Gasteiger partial charge is 0.269 e. The number of nitrogens with one attached hydrogen (secondary N) is 1. The Labute approximate surface area is 152 Å². The lowest BCUT2D eigenvalue weighted by Crippen LogP contribution is -2.34. The van der Waals surface area contributed by atoms with E-state index in [1.807, 2.05) is 4.90 Å². The molecule has 0 aromatic heterocycles. The summed E-state index contributed by atoms with van der Waals surface area (Å²) in [7, 11) is 0. The Kier molecular flexibility index (Phi) is 7.85. The second kappa shape index (κ2) is 10.4. The fourth-order valence-corrected chi connectivity index (χ4v) is 2.79. The summed E-state index contributed by atoms with van der Waals surface area (Å²) in [5.41, 5.74) is -0.00187. The van der Waals surface area contributed by atoms with Crippen molar-refractivity contribution < 1.29 is 19.2 Å². The predicted molar refractivity (Wildman–Crippen MR) is 95.9 cm³/mol. The number of nitrogens with zero attached hydrogens (tertiary/aromatic N) is 2. The van der Waals surface area contributed by atoms with Gasteiger partial charge in [0.05, 0.1) is 18.0 Å². The van der Waals surface area contributed by atoms with Crippen LogP contribution in [-0.2, 0) is 9.59 Å². The number of carbonyl (C=O) groups excluding carboxylic acids is 2. The van der Waals surface area contributed by atoms with Crippen LogP contribution in [0.3, 0.4) is 0 Å². The number of non-ortho nitro benzene ring substituents is 1. The summed E-state index contributed by atoms with van der Waals surface area (Å²) in [6, 6.07) is 5.74. The lowest BCUT2D eigenvalue weighted by Gasteiger charge is -2.20. The van der Waals surface area contributed by atoms with Gasteiger partial charge in [-0.3, -0.25) is 19.7 Å². The molecule has 1 aliphatic rings. The Bertz CT molecular complexity index is 618. The molecule has 8 nitrogen and oxygen atoms in total. The third-order valence-electron chi connectivity index (χ3n) is 4.24. The molecule has 142 valence electrons. The number of nitro benzene ring substituents is 1. The second-order valence-electron chi connectivity index (χ2n) is 6.24. The molecule has 0 saturated carbocycles. The molecule has 0 bridgehead atoms. The van der Waals surface area contributed by atoms with Crippen molar-refractivity contribution in [2.45, 2.75) is 38.5 Å². The number of carbonyl (C=O) groups is 2. The summed E-state index contributed by atoms with van der Waals surface area (Å²) < 4.78 is 5.40. The number of hydrogen-bond acceptors (Lipinski definition) is 5. The fourth-order valence-electron chi connectivity index (χ4n) is 2.79. The van der Waals surface area contributed by atoms with Crippen molar-refractivity contribution in [3.63, 3.8) is 0 Å². The number of benzene rings is 1. The highest BCUT2D eigenvalue weighted by Crippen LogP contribution is 2.17. The Balaban J connectivity index is 1.57. The van der Waals surface area contributed by atoms with Gasteiger partial charge in [-0.15, -0.1) is 0 Å². The number of ether oxygens (including phenoxy) is 1. The quantitative estimate of drug-likeness (QED) is 0.412. The second-order valence-corrected chi connectivity index (χ2v) is 6.24. The van der Waals surface area contributed by atoms with Crippen molar-refractivity contribution in [2.24, 2.45) is 0 Å². The zero-order valence-electron chi connectivity index (χ0n) is 14.8. The van der Waals surface area contributed by atoms with Crippen molar-refractivity contribution in [2.75, 3.05) is 26.2 Å². The number of nitro groups is 1. The van der Waals surface area contributed by atoms with Crippen molar-refractivity contribution in [3.05, 3.63) is 34.4 Å². The van der Waals surface area contributed by atoms with Gasteiger partial charge in [0, 0.05) is 38.2 Å². The van der Waals surface area contributed by atoms with E-state index in [1.165, 1.54) is 24.3 Å². The number of amides is 2. The molecule has 0 unspecified atom stereocenters. The number of rotatable bonds is 9. The molecule has 0 atom stereocenters. The van der Waals surface area contributed by atoms with Crippen molar-refractivity contribution in [1.82, 2.24) is 10.2 Å². The lowest BCUT2D eigenvalue weighted by atomic mass is 10.2. The minimum atomic E-state index is -0.476. The van der Waals surface area contributed by atoms with E-state index in [1.54, 1.807) is 0 Å². The summed E-state index contributed by atoms with van der Waals surface area (Å²) in [5, 5.41) is 13.4. The highest BCUT2D eigenvalue weighted by molar-refractivity contribution is 5.76. The molecule has 1 saturated heterocycles. The molecular weight excluding hydrogens is 338 g/mol. The zero-order chi connectivity index (χ0) is 18.8. The maximum Gasteiger partial charge on any atom is 0.269 e. The van der Waals surface area contributed by atoms with Crippen LogP contribution in [0.15, 0.2) is 24.3 Å². The molecule has 8 heteroatoms. The van der Waals surface area contributed by atoms with Crippen molar-refractivity contribution in [1.29, 1.82) is 0 Å². The van der Waals surface area contributed by atoms with Crippen LogP contribution >= 0.6 is 0 Å². The van der Waals surface area contributed by atoms with E-state index in [2.05, 4.69) is 5.32 Å². The van der Waals surface area contributed by atoms with E-state index in [0.717, 1.165) is 32.2 Å². The fraction of sp³-hybridized carbons (Fsp3) is 0.556. The molecule has 2 amide bonds. The first kappa shape index (κ1) is 19.7. The van der Waals surface area contributed by atoms with E-state index in [9.17, 15) is 19.7 Å². The van der Waals surface area contributed by atoms with Gasteiger partial charge < -0.3 is 15.0 Å². The van der Waals surface area contributed by atoms with Crippen LogP contribution in [0.25, 0.3) is 0 Å². The van der Waals surface area contributed by atoms with Crippen LogP contribution in [0.4, 0.5) is 5.69 Å². The Hall–Kier alpha value is -2.64. The topological polar surface area (TPSA) is 102 Å². The summed E-state index contributed by atoms with van der Waals surface area (Å²) in [4.78, 5) is 35.6. The summed E-state index contributed by atoms with van der Waals surface area (Å²) in [5.74, 6) is 0.586. The molecule has 0 radical (unpaired) electrons. The largest absolute Gasteiger partial charge is 0.493 e. The molecule has 0 spiro atoms. The zero-order valence-corrected chi connectivity index (χ0v) is 14.8. The SMILES string of the molecule is O=C(CCOc1ccc([N+](=O)[O-])cc1)NCCCN1CCCCCC1=O.